The van der Waals surface area contributed by atoms with Gasteiger partial charge in [0, 0.05) is 26.7 Å². The van der Waals surface area contributed by atoms with Gasteiger partial charge in [0.25, 0.3) is 0 Å². The van der Waals surface area contributed by atoms with Gasteiger partial charge in [0.05, 0.1) is 31.9 Å². The third-order valence-electron chi connectivity index (χ3n) is 4.43. The summed E-state index contributed by atoms with van der Waals surface area (Å²) in [4.78, 5) is 2.48. The van der Waals surface area contributed by atoms with Crippen molar-refractivity contribution in [1.82, 2.24) is 30.4 Å². The molecule has 1 aromatic heterocycles. The van der Waals surface area contributed by atoms with E-state index in [4.69, 9.17) is 9.47 Å². The van der Waals surface area contributed by atoms with Gasteiger partial charge in [0.1, 0.15) is 0 Å². The van der Waals surface area contributed by atoms with Crippen LogP contribution in [0.5, 0.6) is 0 Å². The number of halogens is 2. The third kappa shape index (κ3) is 4.32. The molecule has 2 aliphatic rings. The molecule has 0 aromatic carbocycles. The average Bonchev–Trinajstić information content (AvgIpc) is 3.03. The van der Waals surface area contributed by atoms with Crippen molar-refractivity contribution in [1.29, 1.82) is 0 Å². The lowest BCUT2D eigenvalue weighted by Crippen LogP contribution is -2.59. The number of nitrogens with one attached hydrogen (secondary N) is 1. The number of rotatable bonds is 5. The molecule has 2 saturated heterocycles. The van der Waals surface area contributed by atoms with Gasteiger partial charge in [-0.05, 0) is 29.8 Å². The number of hydrogen-bond acceptors (Lipinski definition) is 7. The molecule has 0 spiro atoms. The highest BCUT2D eigenvalue weighted by Gasteiger charge is 2.44. The molecular weight excluding hydrogens is 343 g/mol. The van der Waals surface area contributed by atoms with Gasteiger partial charge in [-0.1, -0.05) is 0 Å². The van der Waals surface area contributed by atoms with E-state index in [9.17, 15) is 0 Å². The SMILES string of the molecule is COCCn1nnnc1C1(N2CCOCC2)CCCNC1.Cl.Cl. The van der Waals surface area contributed by atoms with Crippen LogP contribution in [-0.4, -0.2) is 78.2 Å². The predicted octanol–water partition coefficient (Wildman–Crippen LogP) is 0.0740. The predicted molar refractivity (Wildman–Crippen MR) is 90.4 cm³/mol. The molecule has 2 aliphatic heterocycles. The van der Waals surface area contributed by atoms with Crippen LogP contribution in [-0.2, 0) is 21.6 Å². The first-order valence-electron chi connectivity index (χ1n) is 7.66. The Bertz CT molecular complexity index is 449. The van der Waals surface area contributed by atoms with E-state index in [1.165, 1.54) is 0 Å². The minimum atomic E-state index is -0.126. The van der Waals surface area contributed by atoms with E-state index >= 15 is 0 Å². The van der Waals surface area contributed by atoms with Crippen LogP contribution in [0.4, 0.5) is 0 Å². The van der Waals surface area contributed by atoms with E-state index in [-0.39, 0.29) is 30.4 Å². The lowest BCUT2D eigenvalue weighted by molar-refractivity contribution is -0.0403. The van der Waals surface area contributed by atoms with Crippen LogP contribution >= 0.6 is 24.8 Å². The summed E-state index contributed by atoms with van der Waals surface area (Å²) in [6.45, 7) is 6.67. The van der Waals surface area contributed by atoms with Gasteiger partial charge < -0.3 is 14.8 Å². The zero-order chi connectivity index (χ0) is 14.5. The van der Waals surface area contributed by atoms with Crippen molar-refractivity contribution in [3.05, 3.63) is 5.82 Å². The first kappa shape index (κ1) is 20.5. The maximum atomic E-state index is 5.51. The number of aromatic nitrogens is 4. The molecule has 3 heterocycles. The van der Waals surface area contributed by atoms with Crippen molar-refractivity contribution in [2.75, 3.05) is 53.1 Å². The molecule has 0 radical (unpaired) electrons. The molecule has 0 saturated carbocycles. The molecule has 10 heteroatoms. The zero-order valence-electron chi connectivity index (χ0n) is 13.4. The second-order valence-corrected chi connectivity index (χ2v) is 5.63. The maximum absolute atomic E-state index is 5.51. The second kappa shape index (κ2) is 9.71. The molecule has 3 rings (SSSR count). The molecular formula is C13H26Cl2N6O2. The van der Waals surface area contributed by atoms with Crippen LogP contribution in [0.25, 0.3) is 0 Å². The maximum Gasteiger partial charge on any atom is 0.173 e. The molecule has 8 nitrogen and oxygen atoms in total. The number of hydrogen-bond donors (Lipinski definition) is 1. The van der Waals surface area contributed by atoms with Gasteiger partial charge in [-0.3, -0.25) is 4.90 Å². The fraction of sp³-hybridized carbons (Fsp3) is 0.923. The highest BCUT2D eigenvalue weighted by molar-refractivity contribution is 5.85. The summed E-state index contributed by atoms with van der Waals surface area (Å²) in [6.07, 6.45) is 2.21. The summed E-state index contributed by atoms with van der Waals surface area (Å²) >= 11 is 0. The van der Waals surface area contributed by atoms with Gasteiger partial charge in [-0.2, -0.15) is 0 Å². The van der Waals surface area contributed by atoms with Crippen LogP contribution < -0.4 is 5.32 Å². The quantitative estimate of drug-likeness (QED) is 0.787. The summed E-state index contributed by atoms with van der Waals surface area (Å²) in [5.74, 6) is 0.952. The van der Waals surface area contributed by atoms with Gasteiger partial charge in [0.15, 0.2) is 5.82 Å². The van der Waals surface area contributed by atoms with Crippen LogP contribution in [0, 0.1) is 0 Å². The Labute approximate surface area is 149 Å². The highest BCUT2D eigenvalue weighted by atomic mass is 35.5. The van der Waals surface area contributed by atoms with E-state index in [1.807, 2.05) is 4.68 Å². The smallest absolute Gasteiger partial charge is 0.173 e. The van der Waals surface area contributed by atoms with E-state index in [0.717, 1.165) is 58.1 Å². The van der Waals surface area contributed by atoms with E-state index in [2.05, 4.69) is 25.7 Å². The van der Waals surface area contributed by atoms with Gasteiger partial charge in [-0.25, -0.2) is 4.68 Å². The Kier molecular flexibility index (Phi) is 8.66. The minimum Gasteiger partial charge on any atom is -0.383 e. The number of tetrazole rings is 1. The Balaban J connectivity index is 0.00000132. The molecule has 134 valence electrons. The summed E-state index contributed by atoms with van der Waals surface area (Å²) < 4.78 is 12.6. The number of piperidine rings is 1. The Morgan fingerprint density at radius 2 is 2.09 bits per heavy atom. The van der Waals surface area contributed by atoms with Crippen molar-refractivity contribution < 1.29 is 9.47 Å². The number of methoxy groups -OCH3 is 1. The number of nitrogens with zero attached hydrogens (tertiary/aromatic N) is 5. The van der Waals surface area contributed by atoms with Gasteiger partial charge in [-0.15, -0.1) is 29.9 Å². The first-order chi connectivity index (χ1) is 10.4. The van der Waals surface area contributed by atoms with Crippen molar-refractivity contribution in [3.8, 4) is 0 Å². The zero-order valence-corrected chi connectivity index (χ0v) is 15.1. The summed E-state index contributed by atoms with van der Waals surface area (Å²) in [7, 11) is 1.70. The van der Waals surface area contributed by atoms with E-state index in [0.29, 0.717) is 13.2 Å². The lowest BCUT2D eigenvalue weighted by atomic mass is 9.86. The largest absolute Gasteiger partial charge is 0.383 e. The van der Waals surface area contributed by atoms with Crippen molar-refractivity contribution >= 4 is 24.8 Å². The van der Waals surface area contributed by atoms with Crippen LogP contribution in [0.15, 0.2) is 0 Å². The third-order valence-corrected chi connectivity index (χ3v) is 4.43. The Morgan fingerprint density at radius 3 is 2.74 bits per heavy atom. The fourth-order valence-corrected chi connectivity index (χ4v) is 3.35. The average molecular weight is 369 g/mol. The lowest BCUT2D eigenvalue weighted by Gasteiger charge is -2.46. The Morgan fingerprint density at radius 1 is 1.30 bits per heavy atom. The summed E-state index contributed by atoms with van der Waals surface area (Å²) in [6, 6.07) is 0. The molecule has 0 bridgehead atoms. The van der Waals surface area contributed by atoms with Gasteiger partial charge >= 0.3 is 0 Å². The highest BCUT2D eigenvalue weighted by Crippen LogP contribution is 2.34. The molecule has 2 fully saturated rings. The monoisotopic (exact) mass is 368 g/mol. The number of morpholine rings is 1. The van der Waals surface area contributed by atoms with Crippen LogP contribution in [0.1, 0.15) is 18.7 Å². The Hall–Kier alpha value is -0.510. The molecule has 0 aliphatic carbocycles. The van der Waals surface area contributed by atoms with E-state index in [1.54, 1.807) is 7.11 Å². The van der Waals surface area contributed by atoms with Crippen molar-refractivity contribution in [2.45, 2.75) is 24.9 Å². The van der Waals surface area contributed by atoms with Crippen molar-refractivity contribution in [3.63, 3.8) is 0 Å². The van der Waals surface area contributed by atoms with Crippen LogP contribution in [0.3, 0.4) is 0 Å². The normalized spacial score (nSPS) is 25.4. The van der Waals surface area contributed by atoms with Crippen molar-refractivity contribution in [2.24, 2.45) is 0 Å². The molecule has 0 amide bonds. The summed E-state index contributed by atoms with van der Waals surface area (Å²) in [5.41, 5.74) is -0.126. The number of ether oxygens (including phenoxy) is 2. The first-order valence-corrected chi connectivity index (χ1v) is 7.66. The molecule has 1 N–H and O–H groups in total. The molecule has 1 unspecified atom stereocenters. The standard InChI is InChI=1S/C13H24N6O2.2ClH/c1-20-8-7-19-12(15-16-17-19)13(3-2-4-14-11-13)18-5-9-21-10-6-18;;/h14H,2-11H2,1H3;2*1H. The summed E-state index contributed by atoms with van der Waals surface area (Å²) in [5, 5.41) is 16.0. The second-order valence-electron chi connectivity index (χ2n) is 5.63. The minimum absolute atomic E-state index is 0. The van der Waals surface area contributed by atoms with Crippen LogP contribution in [0.2, 0.25) is 0 Å². The molecule has 1 atom stereocenters. The fourth-order valence-electron chi connectivity index (χ4n) is 3.35. The molecule has 23 heavy (non-hydrogen) atoms. The topological polar surface area (TPSA) is 77.3 Å². The van der Waals surface area contributed by atoms with E-state index < -0.39 is 0 Å². The van der Waals surface area contributed by atoms with Gasteiger partial charge in [0.2, 0.25) is 0 Å². The molecule has 1 aromatic rings.